The molecule has 0 bridgehead atoms. The lowest BCUT2D eigenvalue weighted by Gasteiger charge is -2.47. The van der Waals surface area contributed by atoms with Crippen LogP contribution in [-0.4, -0.2) is 27.7 Å². The Morgan fingerprint density at radius 1 is 1.35 bits per heavy atom. The summed E-state index contributed by atoms with van der Waals surface area (Å²) in [6.45, 7) is 0.390. The van der Waals surface area contributed by atoms with E-state index in [9.17, 15) is 18.3 Å². The zero-order valence-electron chi connectivity index (χ0n) is 9.17. The molecule has 0 unspecified atom stereocenters. The van der Waals surface area contributed by atoms with Gasteiger partial charge in [-0.3, -0.25) is 18.2 Å². The molecule has 6 heteroatoms. The van der Waals surface area contributed by atoms with Crippen molar-refractivity contribution in [2.45, 2.75) is 12.8 Å². The Morgan fingerprint density at radius 2 is 2.12 bits per heavy atom. The highest BCUT2D eigenvalue weighted by Crippen LogP contribution is 2.50. The Hall–Kier alpha value is -1.11. The van der Waals surface area contributed by atoms with Gasteiger partial charge in [-0.15, -0.1) is 10.8 Å². The molecule has 1 aliphatic rings. The second-order valence-electron chi connectivity index (χ2n) is 3.97. The van der Waals surface area contributed by atoms with E-state index in [2.05, 4.69) is 0 Å². The van der Waals surface area contributed by atoms with Gasteiger partial charge in [-0.1, -0.05) is 0 Å². The third-order valence-corrected chi connectivity index (χ3v) is 4.68. The Morgan fingerprint density at radius 3 is 2.76 bits per heavy atom. The van der Waals surface area contributed by atoms with E-state index in [1.54, 1.807) is 0 Å². The normalized spacial score (nSPS) is 21.0. The van der Waals surface area contributed by atoms with Crippen molar-refractivity contribution in [2.75, 3.05) is 16.6 Å². The fourth-order valence-electron chi connectivity index (χ4n) is 1.88. The smallest absolute Gasteiger partial charge is 0.150 e. The minimum atomic E-state index is -2.95. The van der Waals surface area contributed by atoms with Gasteiger partial charge in [0.15, 0.2) is 0 Å². The van der Waals surface area contributed by atoms with E-state index in [4.69, 9.17) is 0 Å². The lowest BCUT2D eigenvalue weighted by molar-refractivity contribution is 0.112. The Kier molecular flexibility index (Phi) is 3.37. The number of rotatable bonds is 2. The topological polar surface area (TPSA) is 60.8 Å². The van der Waals surface area contributed by atoms with Crippen molar-refractivity contribution in [3.8, 4) is 0 Å². The third kappa shape index (κ3) is 2.43. The van der Waals surface area contributed by atoms with Crippen LogP contribution in [-0.2, 0) is 0 Å². The van der Waals surface area contributed by atoms with Gasteiger partial charge in [-0.25, -0.2) is 4.39 Å². The van der Waals surface area contributed by atoms with E-state index in [-0.39, 0.29) is 11.4 Å². The Labute approximate surface area is 101 Å². The first-order valence-electron chi connectivity index (χ1n) is 5.33. The summed E-state index contributed by atoms with van der Waals surface area (Å²) in [7, 11) is -2.95. The quantitative estimate of drug-likeness (QED) is 0.802. The predicted octanol–water partition coefficient (Wildman–Crippen LogP) is 2.90. The molecule has 17 heavy (non-hydrogen) atoms. The summed E-state index contributed by atoms with van der Waals surface area (Å²) in [5, 5.41) is 0. The van der Waals surface area contributed by atoms with E-state index in [1.807, 2.05) is 0 Å². The van der Waals surface area contributed by atoms with Crippen molar-refractivity contribution in [1.82, 2.24) is 0 Å². The first-order chi connectivity index (χ1) is 8.04. The van der Waals surface area contributed by atoms with Crippen LogP contribution in [0.1, 0.15) is 23.2 Å². The zero-order chi connectivity index (χ0) is 12.5. The van der Waals surface area contributed by atoms with E-state index >= 15 is 0 Å². The molecule has 2 N–H and O–H groups in total. The SMILES string of the molecule is O=Cc1ccc(F)c(N2CCCCS2(O)O)c1. The maximum Gasteiger partial charge on any atom is 0.150 e. The summed E-state index contributed by atoms with van der Waals surface area (Å²) in [6.07, 6.45) is 2.10. The fraction of sp³-hybridized carbons (Fsp3) is 0.364. The van der Waals surface area contributed by atoms with E-state index < -0.39 is 16.6 Å². The van der Waals surface area contributed by atoms with Gasteiger partial charge < -0.3 is 0 Å². The molecule has 0 aliphatic carbocycles. The standard InChI is InChI=1S/C11H14FNO3S/c12-10-4-3-9(8-14)7-11(10)13-5-1-2-6-17(13,15)16/h3-4,7-8,15-16H,1-2,5-6H2. The first kappa shape index (κ1) is 12.3. The highest BCUT2D eigenvalue weighted by atomic mass is 32.3. The van der Waals surface area contributed by atoms with Gasteiger partial charge in [-0.2, -0.15) is 0 Å². The number of anilines is 1. The zero-order valence-corrected chi connectivity index (χ0v) is 9.99. The highest BCUT2D eigenvalue weighted by molar-refractivity contribution is 8.25. The number of nitrogens with zero attached hydrogens (tertiary/aromatic N) is 1. The number of aldehydes is 1. The molecule has 94 valence electrons. The van der Waals surface area contributed by atoms with Crippen LogP contribution in [0, 0.1) is 5.82 Å². The van der Waals surface area contributed by atoms with Gasteiger partial charge in [-0.05, 0) is 31.0 Å². The number of benzene rings is 1. The maximum atomic E-state index is 13.7. The van der Waals surface area contributed by atoms with Crippen LogP contribution in [0.4, 0.5) is 10.1 Å². The van der Waals surface area contributed by atoms with E-state index in [1.165, 1.54) is 22.5 Å². The summed E-state index contributed by atoms with van der Waals surface area (Å²) in [5.74, 6) is -0.296. The molecule has 0 saturated carbocycles. The molecule has 1 aromatic carbocycles. The van der Waals surface area contributed by atoms with Crippen molar-refractivity contribution < 1.29 is 18.3 Å². The van der Waals surface area contributed by atoms with E-state index in [0.29, 0.717) is 24.8 Å². The summed E-state index contributed by atoms with van der Waals surface area (Å²) in [4.78, 5) is 10.7. The minimum absolute atomic E-state index is 0.0919. The Bertz CT molecular complexity index is 439. The molecule has 0 atom stereocenters. The van der Waals surface area contributed by atoms with Gasteiger partial charge in [0.2, 0.25) is 0 Å². The van der Waals surface area contributed by atoms with E-state index in [0.717, 1.165) is 6.42 Å². The van der Waals surface area contributed by atoms with Crippen LogP contribution >= 0.6 is 10.8 Å². The molecule has 1 fully saturated rings. The van der Waals surface area contributed by atoms with Crippen molar-refractivity contribution >= 4 is 22.7 Å². The average Bonchev–Trinajstić information content (AvgIpc) is 2.30. The van der Waals surface area contributed by atoms with Gasteiger partial charge in [0, 0.05) is 12.1 Å². The molecular formula is C11H14FNO3S. The summed E-state index contributed by atoms with van der Waals surface area (Å²) >= 11 is 0. The van der Waals surface area contributed by atoms with Gasteiger partial charge in [0.1, 0.15) is 12.1 Å². The molecule has 4 nitrogen and oxygen atoms in total. The van der Waals surface area contributed by atoms with Crippen LogP contribution in [0.2, 0.25) is 0 Å². The largest absolute Gasteiger partial charge is 0.298 e. The van der Waals surface area contributed by atoms with Crippen molar-refractivity contribution in [3.05, 3.63) is 29.6 Å². The molecule has 0 aromatic heterocycles. The second-order valence-corrected chi connectivity index (χ2v) is 6.09. The summed E-state index contributed by atoms with van der Waals surface area (Å²) < 4.78 is 34.7. The average molecular weight is 259 g/mol. The fourth-order valence-corrected chi connectivity index (χ4v) is 3.57. The van der Waals surface area contributed by atoms with Crippen LogP contribution < -0.4 is 4.31 Å². The number of carbonyl (C=O) groups is 1. The lowest BCUT2D eigenvalue weighted by atomic mass is 10.2. The van der Waals surface area contributed by atoms with Crippen LogP contribution in [0.3, 0.4) is 0 Å². The number of carbonyl (C=O) groups excluding carboxylic acids is 1. The number of hydrogen-bond acceptors (Lipinski definition) is 4. The third-order valence-electron chi connectivity index (χ3n) is 2.76. The molecule has 1 aromatic rings. The molecule has 0 amide bonds. The molecule has 1 aliphatic heterocycles. The lowest BCUT2D eigenvalue weighted by Crippen LogP contribution is -2.35. The van der Waals surface area contributed by atoms with Gasteiger partial charge in [0.25, 0.3) is 0 Å². The van der Waals surface area contributed by atoms with Crippen LogP contribution in [0.25, 0.3) is 0 Å². The molecule has 0 radical (unpaired) electrons. The molecule has 2 rings (SSSR count). The Balaban J connectivity index is 2.40. The second kappa shape index (κ2) is 4.64. The molecular weight excluding hydrogens is 245 g/mol. The monoisotopic (exact) mass is 259 g/mol. The predicted molar refractivity (Wildman–Crippen MR) is 66.1 cm³/mol. The molecule has 1 heterocycles. The van der Waals surface area contributed by atoms with Crippen LogP contribution in [0.15, 0.2) is 18.2 Å². The number of hydrogen-bond donors (Lipinski definition) is 2. The molecule has 1 saturated heterocycles. The number of halogens is 1. The van der Waals surface area contributed by atoms with Crippen molar-refractivity contribution in [3.63, 3.8) is 0 Å². The first-order valence-corrected chi connectivity index (χ1v) is 7.00. The highest BCUT2D eigenvalue weighted by Gasteiger charge is 2.28. The van der Waals surface area contributed by atoms with Crippen molar-refractivity contribution in [2.24, 2.45) is 0 Å². The van der Waals surface area contributed by atoms with Crippen LogP contribution in [0.5, 0.6) is 0 Å². The van der Waals surface area contributed by atoms with Gasteiger partial charge >= 0.3 is 0 Å². The maximum absolute atomic E-state index is 13.7. The van der Waals surface area contributed by atoms with Crippen molar-refractivity contribution in [1.29, 1.82) is 0 Å². The summed E-state index contributed by atoms with van der Waals surface area (Å²) in [6, 6.07) is 3.88. The van der Waals surface area contributed by atoms with Gasteiger partial charge in [0.05, 0.1) is 11.4 Å². The summed E-state index contributed by atoms with van der Waals surface area (Å²) in [5.41, 5.74) is 0.413. The molecule has 0 spiro atoms. The minimum Gasteiger partial charge on any atom is -0.298 e.